The summed E-state index contributed by atoms with van der Waals surface area (Å²) in [7, 11) is -4.20. The van der Waals surface area contributed by atoms with Gasteiger partial charge in [0.1, 0.15) is 22.8 Å². The molecule has 1 saturated heterocycles. The second-order valence-corrected chi connectivity index (χ2v) is 11.8. The number of carbonyl (C=O) groups is 1. The van der Waals surface area contributed by atoms with Gasteiger partial charge in [-0.15, -0.1) is 11.8 Å². The van der Waals surface area contributed by atoms with Crippen molar-refractivity contribution in [2.45, 2.75) is 62.2 Å². The first-order chi connectivity index (χ1) is 16.8. The van der Waals surface area contributed by atoms with Crippen LogP contribution in [0.5, 0.6) is 5.75 Å². The highest BCUT2D eigenvalue weighted by atomic mass is 32.2. The first-order valence-corrected chi connectivity index (χ1v) is 13.7. The lowest BCUT2D eigenvalue weighted by Crippen LogP contribution is -2.46. The van der Waals surface area contributed by atoms with Gasteiger partial charge in [0.25, 0.3) is 5.56 Å². The monoisotopic (exact) mass is 543 g/mol. The number of aromatic amines is 1. The molecule has 0 bridgehead atoms. The number of aliphatic hydroxyl groups excluding tert-OH is 1. The number of carbonyl (C=O) groups excluding carboxylic acids is 1. The second kappa shape index (κ2) is 11.3. The molecule has 3 rings (SSSR count). The van der Waals surface area contributed by atoms with E-state index in [0.29, 0.717) is 0 Å². The van der Waals surface area contributed by atoms with Gasteiger partial charge in [-0.25, -0.2) is 9.36 Å². The first kappa shape index (κ1) is 28.2. The van der Waals surface area contributed by atoms with E-state index >= 15 is 0 Å². The molecule has 0 spiro atoms. The van der Waals surface area contributed by atoms with E-state index in [1.165, 1.54) is 20.0 Å². The minimum absolute atomic E-state index is 0.210. The van der Waals surface area contributed by atoms with Crippen LogP contribution in [-0.4, -0.2) is 61.4 Å². The Bertz CT molecular complexity index is 1220. The zero-order valence-electron chi connectivity index (χ0n) is 20.2. The van der Waals surface area contributed by atoms with Crippen molar-refractivity contribution in [2.75, 3.05) is 6.61 Å². The molecule has 0 aliphatic carbocycles. The fourth-order valence-corrected chi connectivity index (χ4v) is 6.73. The fraction of sp³-hybridized carbons (Fsp3) is 0.500. The van der Waals surface area contributed by atoms with Crippen LogP contribution in [-0.2, 0) is 18.6 Å². The molecule has 14 heteroatoms. The molecule has 0 saturated carbocycles. The fourth-order valence-electron chi connectivity index (χ4n) is 3.50. The molecule has 2 aromatic rings. The quantitative estimate of drug-likeness (QED) is 0.252. The number of hydrogen-bond donors (Lipinski definition) is 4. The zero-order chi connectivity index (χ0) is 26.7. The van der Waals surface area contributed by atoms with Gasteiger partial charge >= 0.3 is 19.4 Å². The van der Waals surface area contributed by atoms with Crippen molar-refractivity contribution in [2.24, 2.45) is 0 Å². The van der Waals surface area contributed by atoms with Gasteiger partial charge in [0.15, 0.2) is 0 Å². The summed E-state index contributed by atoms with van der Waals surface area (Å²) < 4.78 is 31.1. The summed E-state index contributed by atoms with van der Waals surface area (Å²) in [6.07, 6.45) is -0.576. The van der Waals surface area contributed by atoms with Gasteiger partial charge in [-0.2, -0.15) is 5.09 Å². The average molecular weight is 544 g/mol. The van der Waals surface area contributed by atoms with Crippen LogP contribution in [0.1, 0.15) is 33.1 Å². The lowest BCUT2D eigenvalue weighted by atomic mass is 9.96. The Morgan fingerprint density at radius 2 is 1.92 bits per heavy atom. The van der Waals surface area contributed by atoms with Gasteiger partial charge in [0.05, 0.1) is 24.1 Å². The number of esters is 1. The van der Waals surface area contributed by atoms with E-state index in [1.54, 1.807) is 44.2 Å². The van der Waals surface area contributed by atoms with Gasteiger partial charge in [0, 0.05) is 12.3 Å². The molecule has 36 heavy (non-hydrogen) atoms. The van der Waals surface area contributed by atoms with Gasteiger partial charge in [-0.05, 0) is 39.8 Å². The predicted molar refractivity (Wildman–Crippen MR) is 133 cm³/mol. The number of hydrogen-bond acceptors (Lipinski definition) is 10. The summed E-state index contributed by atoms with van der Waals surface area (Å²) >= 11 is 0.999. The summed E-state index contributed by atoms with van der Waals surface area (Å²) in [6.45, 7) is 5.76. The molecule has 0 radical (unpaired) electrons. The van der Waals surface area contributed by atoms with Crippen LogP contribution in [0.15, 0.2) is 52.2 Å². The van der Waals surface area contributed by atoms with Gasteiger partial charge in [-0.1, -0.05) is 18.2 Å². The zero-order valence-corrected chi connectivity index (χ0v) is 21.9. The van der Waals surface area contributed by atoms with Crippen LogP contribution in [0.4, 0.5) is 0 Å². The maximum absolute atomic E-state index is 13.6. The van der Waals surface area contributed by atoms with Gasteiger partial charge in [0.2, 0.25) is 0 Å². The van der Waals surface area contributed by atoms with E-state index < -0.39 is 59.4 Å². The number of aliphatic hydroxyl groups is 2. The number of ether oxygens (including phenoxy) is 1. The Morgan fingerprint density at radius 3 is 2.53 bits per heavy atom. The molecule has 6 atom stereocenters. The summed E-state index contributed by atoms with van der Waals surface area (Å²) in [6, 6.07) is 8.24. The first-order valence-electron chi connectivity index (χ1n) is 11.2. The van der Waals surface area contributed by atoms with Crippen LogP contribution in [0.25, 0.3) is 0 Å². The number of benzene rings is 1. The smallest absolute Gasteiger partial charge is 0.459 e. The van der Waals surface area contributed by atoms with Crippen molar-refractivity contribution >= 4 is 25.5 Å². The Balaban J connectivity index is 1.80. The maximum Gasteiger partial charge on any atom is 0.459 e. The summed E-state index contributed by atoms with van der Waals surface area (Å²) in [5, 5.41) is 22.5. The third-order valence-electron chi connectivity index (χ3n) is 5.29. The van der Waals surface area contributed by atoms with Gasteiger partial charge in [-0.3, -0.25) is 23.7 Å². The van der Waals surface area contributed by atoms with Crippen LogP contribution in [0.3, 0.4) is 0 Å². The lowest BCUT2D eigenvalue weighted by molar-refractivity contribution is -0.149. The largest absolute Gasteiger partial charge is 0.462 e. The van der Waals surface area contributed by atoms with Gasteiger partial charge < -0.3 is 19.5 Å². The van der Waals surface area contributed by atoms with E-state index in [1.807, 2.05) is 0 Å². The van der Waals surface area contributed by atoms with Crippen LogP contribution in [0, 0.1) is 0 Å². The molecule has 12 nitrogen and oxygen atoms in total. The third kappa shape index (κ3) is 6.67. The number of para-hydroxylation sites is 1. The van der Waals surface area contributed by atoms with Crippen LogP contribution >= 0.6 is 19.5 Å². The molecule has 1 aliphatic heterocycles. The van der Waals surface area contributed by atoms with Crippen LogP contribution in [0.2, 0.25) is 0 Å². The van der Waals surface area contributed by atoms with Crippen molar-refractivity contribution in [3.05, 3.63) is 63.4 Å². The Labute approximate surface area is 211 Å². The molecule has 0 unspecified atom stereocenters. The van der Waals surface area contributed by atoms with Crippen molar-refractivity contribution in [3.8, 4) is 5.75 Å². The van der Waals surface area contributed by atoms with Crippen LogP contribution < -0.4 is 20.9 Å². The molecular formula is C22H30N3O9PS. The molecule has 1 aliphatic rings. The average Bonchev–Trinajstić information content (AvgIpc) is 3.01. The number of aromatic nitrogens is 2. The Hall–Kier alpha value is -2.41. The Kier molecular flexibility index (Phi) is 8.86. The number of H-pyrrole nitrogens is 1. The molecule has 0 amide bonds. The van der Waals surface area contributed by atoms with E-state index in [2.05, 4.69) is 10.1 Å². The normalized spacial score (nSPS) is 26.4. The minimum Gasteiger partial charge on any atom is -0.462 e. The van der Waals surface area contributed by atoms with E-state index in [9.17, 15) is 29.2 Å². The van der Waals surface area contributed by atoms with E-state index in [-0.39, 0.29) is 12.4 Å². The molecular weight excluding hydrogens is 513 g/mol. The highest BCUT2D eigenvalue weighted by molar-refractivity contribution is 8.00. The Morgan fingerprint density at radius 1 is 1.25 bits per heavy atom. The summed E-state index contributed by atoms with van der Waals surface area (Å²) in [5.41, 5.74) is -3.16. The van der Waals surface area contributed by atoms with Crippen molar-refractivity contribution in [1.82, 2.24) is 14.6 Å². The predicted octanol–water partition coefficient (Wildman–Crippen LogP) is 1.40. The molecule has 1 aromatic heterocycles. The second-order valence-electron chi connectivity index (χ2n) is 8.75. The lowest BCUT2D eigenvalue weighted by Gasteiger charge is -2.29. The van der Waals surface area contributed by atoms with Crippen molar-refractivity contribution in [1.29, 1.82) is 0 Å². The molecule has 1 fully saturated rings. The summed E-state index contributed by atoms with van der Waals surface area (Å²) in [5.74, 6) is -0.455. The molecule has 4 N–H and O–H groups in total. The highest BCUT2D eigenvalue weighted by Crippen LogP contribution is 2.51. The number of nitrogens with zero attached hydrogens (tertiary/aromatic N) is 1. The minimum atomic E-state index is -4.20. The van der Waals surface area contributed by atoms with E-state index in [4.69, 9.17) is 13.8 Å². The summed E-state index contributed by atoms with van der Waals surface area (Å²) in [4.78, 5) is 38.1. The number of rotatable bonds is 10. The third-order valence-corrected chi connectivity index (χ3v) is 8.64. The maximum atomic E-state index is 13.6. The standard InChI is InChI=1S/C22H30N3O9PS/c1-13(2)33-19(28)14(3)24-35(31,34-15-8-6-5-7-9-15)32-12-16-18(27)22(4,30)20(36-16)25-11-10-17(26)23-21(25)29/h5-11,13-14,16,18,20,27,30H,12H2,1-4H3,(H,24,31)(H,23,26,29)/t14-,16+,18+,20+,22+,35-/m0/s1. The van der Waals surface area contributed by atoms with Crippen molar-refractivity contribution < 1.29 is 33.4 Å². The highest BCUT2D eigenvalue weighted by Gasteiger charge is 2.53. The van der Waals surface area contributed by atoms with Crippen molar-refractivity contribution in [3.63, 3.8) is 0 Å². The molecule has 1 aromatic carbocycles. The molecule has 198 valence electrons. The SMILES string of the molecule is CC(C)OC(=O)[C@H](C)N[P@](=O)(OC[C@H]1S[C@@H](n2ccc(=O)[nH]c2=O)[C@](C)(O)[C@@H]1O)Oc1ccccc1. The van der Waals surface area contributed by atoms with E-state index in [0.717, 1.165) is 22.4 Å². The number of nitrogens with one attached hydrogen (secondary N) is 2. The molecule has 2 heterocycles. The number of thioether (sulfide) groups is 1. The topological polar surface area (TPSA) is 169 Å².